The van der Waals surface area contributed by atoms with Crippen LogP contribution in [0, 0.1) is 11.7 Å². The minimum atomic E-state index is -2.39. The summed E-state index contributed by atoms with van der Waals surface area (Å²) in [6, 6.07) is 15.2. The molecule has 0 fully saturated rings. The van der Waals surface area contributed by atoms with Crippen LogP contribution < -0.4 is 5.32 Å². The van der Waals surface area contributed by atoms with Crippen LogP contribution in [0.15, 0.2) is 54.6 Å². The normalized spacial score (nSPS) is 14.9. The number of hydrogen-bond donors (Lipinski definition) is 2. The van der Waals surface area contributed by atoms with E-state index in [1.165, 1.54) is 12.1 Å². The minimum Gasteiger partial charge on any atom is -0.481 e. The van der Waals surface area contributed by atoms with Crippen molar-refractivity contribution >= 4 is 20.4 Å². The molecule has 0 aliphatic rings. The molecule has 8 heteroatoms. The number of carboxylic acids is 1. The van der Waals surface area contributed by atoms with Gasteiger partial charge >= 0.3 is 12.1 Å². The summed E-state index contributed by atoms with van der Waals surface area (Å²) in [6.45, 7) is 15.9. The molecule has 0 radical (unpaired) electrons. The first kappa shape index (κ1) is 31.5. The third-order valence-electron chi connectivity index (χ3n) is 6.94. The first-order valence-electron chi connectivity index (χ1n) is 13.2. The number of halogens is 1. The van der Waals surface area contributed by atoms with Gasteiger partial charge in [-0.2, -0.15) is 0 Å². The van der Waals surface area contributed by atoms with E-state index in [0.717, 1.165) is 5.56 Å². The summed E-state index contributed by atoms with van der Waals surface area (Å²) in [4.78, 5) is 25.4. The molecule has 2 aromatic rings. The fraction of sp³-hybridized carbons (Fsp3) is 0.533. The van der Waals surface area contributed by atoms with E-state index >= 15 is 0 Å². The molecular weight excluding hydrogens is 501 g/mol. The fourth-order valence-corrected chi connectivity index (χ4v) is 5.32. The number of nitrogens with one attached hydrogen (secondary N) is 1. The summed E-state index contributed by atoms with van der Waals surface area (Å²) in [5.74, 6) is -2.24. The average Bonchev–Trinajstić information content (AvgIpc) is 2.76. The summed E-state index contributed by atoms with van der Waals surface area (Å²) in [5, 5.41) is 13.0. The van der Waals surface area contributed by atoms with Crippen LogP contribution in [0.5, 0.6) is 0 Å². The van der Waals surface area contributed by atoms with Gasteiger partial charge in [-0.1, -0.05) is 63.2 Å². The van der Waals surface area contributed by atoms with Gasteiger partial charge in [0.15, 0.2) is 8.32 Å². The lowest BCUT2D eigenvalue weighted by atomic mass is 9.89. The highest BCUT2D eigenvalue weighted by atomic mass is 28.4. The van der Waals surface area contributed by atoms with Gasteiger partial charge in [-0.15, -0.1) is 0 Å². The first-order chi connectivity index (χ1) is 17.5. The topological polar surface area (TPSA) is 84.9 Å². The number of hydrogen-bond acceptors (Lipinski definition) is 4. The number of aliphatic carboxylic acids is 1. The molecule has 0 saturated heterocycles. The number of carboxylic acid groups (broad SMARTS) is 1. The second kappa shape index (κ2) is 12.9. The zero-order valence-corrected chi connectivity index (χ0v) is 25.0. The van der Waals surface area contributed by atoms with Crippen LogP contribution in [-0.2, 0) is 26.8 Å². The summed E-state index contributed by atoms with van der Waals surface area (Å²) < 4.78 is 26.3. The number of carbonyl (C=O) groups excluding carboxylic acids is 1. The van der Waals surface area contributed by atoms with E-state index in [9.17, 15) is 19.1 Å². The van der Waals surface area contributed by atoms with Crippen molar-refractivity contribution < 1.29 is 28.2 Å². The molecule has 3 unspecified atom stereocenters. The van der Waals surface area contributed by atoms with Crippen molar-refractivity contribution in [3.8, 4) is 0 Å². The van der Waals surface area contributed by atoms with Crippen molar-refractivity contribution in [1.82, 2.24) is 5.32 Å². The lowest BCUT2D eigenvalue weighted by Crippen LogP contribution is -2.54. The Morgan fingerprint density at radius 3 is 2.08 bits per heavy atom. The van der Waals surface area contributed by atoms with Gasteiger partial charge in [-0.25, -0.2) is 9.18 Å². The molecular formula is C30H44FNO5Si. The lowest BCUT2D eigenvalue weighted by Gasteiger charge is -2.42. The molecule has 0 aliphatic heterocycles. The molecule has 0 bridgehead atoms. The van der Waals surface area contributed by atoms with Gasteiger partial charge in [0.1, 0.15) is 11.4 Å². The maximum absolute atomic E-state index is 13.9. The molecule has 210 valence electrons. The Balaban J connectivity index is 2.48. The molecule has 0 aromatic heterocycles. The molecule has 38 heavy (non-hydrogen) atoms. The first-order valence-corrected chi connectivity index (χ1v) is 16.1. The quantitative estimate of drug-likeness (QED) is 0.297. The average molecular weight is 546 g/mol. The van der Waals surface area contributed by atoms with Crippen molar-refractivity contribution in [3.63, 3.8) is 0 Å². The van der Waals surface area contributed by atoms with Gasteiger partial charge in [0.25, 0.3) is 0 Å². The third-order valence-corrected chi connectivity index (χ3v) is 11.4. The molecule has 1 amide bonds. The zero-order valence-electron chi connectivity index (χ0n) is 24.0. The summed E-state index contributed by atoms with van der Waals surface area (Å²) in [5.41, 5.74) is 0.885. The van der Waals surface area contributed by atoms with Crippen molar-refractivity contribution in [2.45, 2.75) is 96.7 Å². The largest absolute Gasteiger partial charge is 0.481 e. The van der Waals surface area contributed by atoms with Crippen LogP contribution in [-0.4, -0.2) is 43.2 Å². The van der Waals surface area contributed by atoms with E-state index in [0.29, 0.717) is 12.0 Å². The monoisotopic (exact) mass is 545 g/mol. The standard InChI is InChI=1S/C30H44FNO5Si/c1-29(2,3)36-28(35)32-25(19-21-13-10-9-11-14-21)26(37-38(7,8)30(4,5)6)20-23(27(33)34)17-22-15-12-16-24(31)18-22/h9-16,18,23,25-26H,17,19-20H2,1-8H3,(H,32,35)(H,33,34). The molecule has 6 nitrogen and oxygen atoms in total. The zero-order chi connectivity index (χ0) is 28.7. The number of amides is 1. The van der Waals surface area contributed by atoms with Gasteiger partial charge in [-0.3, -0.25) is 4.79 Å². The highest BCUT2D eigenvalue weighted by Gasteiger charge is 2.42. The van der Waals surface area contributed by atoms with E-state index in [2.05, 4.69) is 39.2 Å². The van der Waals surface area contributed by atoms with Crippen LogP contribution in [0.1, 0.15) is 59.1 Å². The Morgan fingerprint density at radius 2 is 1.55 bits per heavy atom. The number of alkyl carbamates (subject to hydrolysis) is 1. The van der Waals surface area contributed by atoms with Gasteiger partial charge < -0.3 is 19.6 Å². The number of benzene rings is 2. The number of rotatable bonds is 11. The molecule has 0 spiro atoms. The van der Waals surface area contributed by atoms with Crippen LogP contribution in [0.2, 0.25) is 18.1 Å². The Labute approximate surface area is 228 Å². The smallest absolute Gasteiger partial charge is 0.407 e. The highest BCUT2D eigenvalue weighted by Crippen LogP contribution is 2.39. The maximum atomic E-state index is 13.9. The van der Waals surface area contributed by atoms with Crippen molar-refractivity contribution in [2.75, 3.05) is 0 Å². The minimum absolute atomic E-state index is 0.143. The van der Waals surface area contributed by atoms with Crippen LogP contribution in [0.3, 0.4) is 0 Å². The summed E-state index contributed by atoms with van der Waals surface area (Å²) in [7, 11) is -2.39. The van der Waals surface area contributed by atoms with E-state index < -0.39 is 49.9 Å². The van der Waals surface area contributed by atoms with Crippen molar-refractivity contribution in [1.29, 1.82) is 0 Å². The third kappa shape index (κ3) is 10.2. The summed E-state index contributed by atoms with van der Waals surface area (Å²) >= 11 is 0. The van der Waals surface area contributed by atoms with E-state index in [1.54, 1.807) is 32.9 Å². The molecule has 0 aliphatic carbocycles. The molecule has 0 heterocycles. The fourth-order valence-electron chi connectivity index (χ4n) is 3.95. The lowest BCUT2D eigenvalue weighted by molar-refractivity contribution is -0.142. The van der Waals surface area contributed by atoms with E-state index in [4.69, 9.17) is 9.16 Å². The second-order valence-corrected chi connectivity index (χ2v) is 17.2. The van der Waals surface area contributed by atoms with Gasteiger partial charge in [0.05, 0.1) is 18.1 Å². The Kier molecular flexibility index (Phi) is 10.7. The van der Waals surface area contributed by atoms with Crippen molar-refractivity contribution in [3.05, 3.63) is 71.5 Å². The number of carbonyl (C=O) groups is 2. The Bertz CT molecular complexity index is 1060. The molecule has 3 atom stereocenters. The Morgan fingerprint density at radius 1 is 0.947 bits per heavy atom. The second-order valence-electron chi connectivity index (χ2n) is 12.5. The molecule has 2 aromatic carbocycles. The maximum Gasteiger partial charge on any atom is 0.407 e. The van der Waals surface area contributed by atoms with Crippen LogP contribution in [0.25, 0.3) is 0 Å². The van der Waals surface area contributed by atoms with Gasteiger partial charge in [0.2, 0.25) is 0 Å². The van der Waals surface area contributed by atoms with Gasteiger partial charge in [0, 0.05) is 0 Å². The highest BCUT2D eigenvalue weighted by molar-refractivity contribution is 6.74. The molecule has 2 N–H and O–H groups in total. The van der Waals surface area contributed by atoms with Crippen LogP contribution in [0.4, 0.5) is 9.18 Å². The predicted octanol–water partition coefficient (Wildman–Crippen LogP) is 6.99. The SMILES string of the molecule is CC(C)(C)OC(=O)NC(Cc1ccccc1)C(CC(Cc1cccc(F)c1)C(=O)O)O[Si](C)(C)C(C)(C)C. The van der Waals surface area contributed by atoms with E-state index in [-0.39, 0.29) is 17.9 Å². The van der Waals surface area contributed by atoms with Crippen LogP contribution >= 0.6 is 0 Å². The molecule has 2 rings (SSSR count). The van der Waals surface area contributed by atoms with Crippen molar-refractivity contribution in [2.24, 2.45) is 5.92 Å². The summed E-state index contributed by atoms with van der Waals surface area (Å²) in [6.07, 6.45) is -0.468. The van der Waals surface area contributed by atoms with E-state index in [1.807, 2.05) is 30.3 Å². The Hall–Kier alpha value is -2.71. The van der Waals surface area contributed by atoms with Gasteiger partial charge in [-0.05, 0) is 81.4 Å². The number of ether oxygens (including phenoxy) is 1. The predicted molar refractivity (Wildman–Crippen MR) is 151 cm³/mol. The molecule has 0 saturated carbocycles.